The first-order chi connectivity index (χ1) is 9.40. The van der Waals surface area contributed by atoms with Crippen molar-refractivity contribution in [2.45, 2.75) is 18.4 Å². The molecular formula is C10H13NaO11. The number of rotatable bonds is 7. The molecule has 6 N–H and O–H groups in total. The molecule has 0 rings (SSSR count). The Morgan fingerprint density at radius 1 is 0.727 bits per heavy atom. The summed E-state index contributed by atoms with van der Waals surface area (Å²) in [6.07, 6.45) is -1.17. The van der Waals surface area contributed by atoms with Crippen LogP contribution in [0.5, 0.6) is 0 Å². The van der Waals surface area contributed by atoms with Crippen LogP contribution in [-0.2, 0) is 24.0 Å². The van der Waals surface area contributed by atoms with Gasteiger partial charge >= 0.3 is 59.4 Å². The van der Waals surface area contributed by atoms with E-state index < -0.39 is 48.3 Å². The van der Waals surface area contributed by atoms with Gasteiger partial charge in [-0.2, -0.15) is 0 Å². The first kappa shape index (κ1) is 25.0. The molecule has 0 bridgehead atoms. The van der Waals surface area contributed by atoms with Crippen molar-refractivity contribution < 1.29 is 54.6 Å². The summed E-state index contributed by atoms with van der Waals surface area (Å²) < 4.78 is 0. The Morgan fingerprint density at radius 2 is 1.00 bits per heavy atom. The fourth-order valence-electron chi connectivity index (χ4n) is 0.857. The molecule has 0 heterocycles. The van der Waals surface area contributed by atoms with E-state index in [1.54, 1.807) is 0 Å². The third-order valence-electron chi connectivity index (χ3n) is 1.65. The number of carboxylic acids is 5. The van der Waals surface area contributed by atoms with E-state index in [1.165, 1.54) is 0 Å². The van der Waals surface area contributed by atoms with Gasteiger partial charge in [0.25, 0.3) is 0 Å². The van der Waals surface area contributed by atoms with Crippen LogP contribution in [0, 0.1) is 0 Å². The van der Waals surface area contributed by atoms with Crippen LogP contribution in [0.2, 0.25) is 0 Å². The molecule has 0 amide bonds. The Kier molecular flexibility index (Phi) is 13.3. The average Bonchev–Trinajstić information content (AvgIpc) is 2.24. The Balaban J connectivity index is -0.000000348. The van der Waals surface area contributed by atoms with Crippen molar-refractivity contribution in [3.05, 3.63) is 12.2 Å². The molecule has 11 nitrogen and oxygen atoms in total. The molecule has 0 aliphatic carbocycles. The fraction of sp³-hybridized carbons (Fsp3) is 0.300. The molecule has 22 heavy (non-hydrogen) atoms. The molecule has 0 spiro atoms. The summed E-state index contributed by atoms with van der Waals surface area (Å²) in [5.41, 5.74) is -2.74. The first-order valence-corrected chi connectivity index (χ1v) is 4.94. The molecule has 0 saturated heterocycles. The third kappa shape index (κ3) is 14.5. The number of aliphatic carboxylic acids is 5. The van der Waals surface area contributed by atoms with Crippen molar-refractivity contribution >= 4 is 59.4 Å². The van der Waals surface area contributed by atoms with Gasteiger partial charge in [0.1, 0.15) is 0 Å². The molecule has 0 aliphatic rings. The first-order valence-electron chi connectivity index (χ1n) is 4.94. The molecule has 0 aliphatic heterocycles. The maximum absolute atomic E-state index is 10.3. The van der Waals surface area contributed by atoms with Gasteiger partial charge < -0.3 is 30.6 Å². The molecule has 0 fully saturated rings. The van der Waals surface area contributed by atoms with Gasteiger partial charge in [-0.05, 0) is 0 Å². The van der Waals surface area contributed by atoms with E-state index in [4.69, 9.17) is 30.6 Å². The standard InChI is InChI=1S/C6H8O7.C4H4O4.Na.H/c7-3(8)1-6(13,5(11)12)2-4(9)10;5-3(6)1-2-4(7)8;;/h13H,1-2H2,(H,7,8)(H,9,10)(H,11,12);1-2H,(H,5,6)(H,7,8);;/b;2-1-;;. The number of carboxylic acid groups (broad SMARTS) is 5. The second kappa shape index (κ2) is 11.7. The zero-order chi connectivity index (χ0) is 17.2. The predicted octanol–water partition coefficient (Wildman–Crippen LogP) is -2.19. The molecule has 0 aromatic carbocycles. The summed E-state index contributed by atoms with van der Waals surface area (Å²) in [7, 11) is 0. The van der Waals surface area contributed by atoms with Gasteiger partial charge in [-0.3, -0.25) is 9.59 Å². The number of carbonyl (C=O) groups is 5. The molecule has 0 saturated carbocycles. The van der Waals surface area contributed by atoms with Crippen LogP contribution in [0.15, 0.2) is 12.2 Å². The van der Waals surface area contributed by atoms with Gasteiger partial charge in [-0.25, -0.2) is 14.4 Å². The molecule has 0 radical (unpaired) electrons. The quantitative estimate of drug-likeness (QED) is 0.218. The van der Waals surface area contributed by atoms with E-state index in [0.717, 1.165) is 0 Å². The monoisotopic (exact) mass is 332 g/mol. The molecule has 0 unspecified atom stereocenters. The van der Waals surface area contributed by atoms with Crippen molar-refractivity contribution in [2.75, 3.05) is 0 Å². The normalized spacial score (nSPS) is 9.86. The van der Waals surface area contributed by atoms with Crippen molar-refractivity contribution in [3.8, 4) is 0 Å². The van der Waals surface area contributed by atoms with Crippen molar-refractivity contribution in [3.63, 3.8) is 0 Å². The van der Waals surface area contributed by atoms with Gasteiger partial charge in [-0.1, -0.05) is 0 Å². The van der Waals surface area contributed by atoms with Crippen LogP contribution in [0.4, 0.5) is 0 Å². The van der Waals surface area contributed by atoms with Crippen LogP contribution < -0.4 is 0 Å². The number of aliphatic hydroxyl groups is 1. The van der Waals surface area contributed by atoms with Gasteiger partial charge in [-0.15, -0.1) is 0 Å². The van der Waals surface area contributed by atoms with E-state index >= 15 is 0 Å². The van der Waals surface area contributed by atoms with Crippen LogP contribution in [0.25, 0.3) is 0 Å². The molecular weight excluding hydrogens is 319 g/mol. The third-order valence-corrected chi connectivity index (χ3v) is 1.65. The van der Waals surface area contributed by atoms with Gasteiger partial charge in [0.2, 0.25) is 0 Å². The minimum absolute atomic E-state index is 0. The Labute approximate surface area is 144 Å². The van der Waals surface area contributed by atoms with Crippen LogP contribution in [0.1, 0.15) is 12.8 Å². The number of hydrogen-bond donors (Lipinski definition) is 6. The van der Waals surface area contributed by atoms with Crippen LogP contribution in [0.3, 0.4) is 0 Å². The number of hydrogen-bond acceptors (Lipinski definition) is 6. The van der Waals surface area contributed by atoms with Gasteiger partial charge in [0, 0.05) is 12.2 Å². The zero-order valence-corrected chi connectivity index (χ0v) is 10.3. The summed E-state index contributed by atoms with van der Waals surface area (Å²) >= 11 is 0. The Bertz CT molecular complexity index is 435. The second-order valence-electron chi connectivity index (χ2n) is 3.49. The molecule has 120 valence electrons. The van der Waals surface area contributed by atoms with Crippen molar-refractivity contribution in [2.24, 2.45) is 0 Å². The van der Waals surface area contributed by atoms with E-state index in [-0.39, 0.29) is 29.6 Å². The molecule has 12 heteroatoms. The minimum atomic E-state index is -2.74. The predicted molar refractivity (Wildman–Crippen MR) is 68.7 cm³/mol. The van der Waals surface area contributed by atoms with Crippen molar-refractivity contribution in [1.29, 1.82) is 0 Å². The fourth-order valence-corrected chi connectivity index (χ4v) is 0.857. The summed E-state index contributed by atoms with van der Waals surface area (Å²) in [4.78, 5) is 49.6. The molecule has 0 atom stereocenters. The maximum atomic E-state index is 10.3. The Morgan fingerprint density at radius 3 is 1.14 bits per heavy atom. The zero-order valence-electron chi connectivity index (χ0n) is 10.3. The average molecular weight is 332 g/mol. The Hall–Kier alpha value is -1.95. The van der Waals surface area contributed by atoms with Gasteiger partial charge in [0.15, 0.2) is 5.60 Å². The SMILES string of the molecule is O=C(O)/C=C\C(=O)O.O=C(O)CC(O)(CC(=O)O)C(=O)O.[NaH]. The molecule has 0 aromatic rings. The topological polar surface area (TPSA) is 207 Å². The molecule has 0 aromatic heterocycles. The van der Waals surface area contributed by atoms with E-state index in [0.29, 0.717) is 12.2 Å². The van der Waals surface area contributed by atoms with E-state index in [1.807, 2.05) is 0 Å². The van der Waals surface area contributed by atoms with Crippen LogP contribution in [-0.4, -0.2) is 95.6 Å². The van der Waals surface area contributed by atoms with E-state index in [2.05, 4.69) is 0 Å². The van der Waals surface area contributed by atoms with Gasteiger partial charge in [0.05, 0.1) is 12.8 Å². The summed E-state index contributed by atoms with van der Waals surface area (Å²) in [6.45, 7) is 0. The summed E-state index contributed by atoms with van der Waals surface area (Å²) in [6, 6.07) is 0. The van der Waals surface area contributed by atoms with Crippen molar-refractivity contribution in [1.82, 2.24) is 0 Å². The van der Waals surface area contributed by atoms with E-state index in [9.17, 15) is 24.0 Å². The second-order valence-corrected chi connectivity index (χ2v) is 3.49. The summed E-state index contributed by atoms with van der Waals surface area (Å²) in [5.74, 6) is -7.53. The summed E-state index contributed by atoms with van der Waals surface area (Å²) in [5, 5.41) is 49.4. The van der Waals surface area contributed by atoms with Crippen LogP contribution >= 0.6 is 0 Å².